The zero-order chi connectivity index (χ0) is 12.0. The van der Waals surface area contributed by atoms with E-state index >= 15 is 0 Å². The number of amides is 1. The Kier molecular flexibility index (Phi) is 4.27. The molecule has 0 spiro atoms. The molecule has 0 aliphatic carbocycles. The maximum Gasteiger partial charge on any atom is 0.309 e. The Morgan fingerprint density at radius 2 is 2.06 bits per heavy atom. The topological polar surface area (TPSA) is 69.4 Å². The van der Waals surface area contributed by atoms with Gasteiger partial charge in [-0.15, -0.1) is 0 Å². The number of esters is 1. The number of carbonyl (C=O) groups is 2. The first-order valence-corrected chi connectivity index (χ1v) is 4.75. The van der Waals surface area contributed by atoms with Gasteiger partial charge < -0.3 is 10.5 Å². The van der Waals surface area contributed by atoms with Gasteiger partial charge in [0.05, 0.1) is 13.5 Å². The van der Waals surface area contributed by atoms with E-state index in [4.69, 9.17) is 5.73 Å². The molecule has 0 saturated heterocycles. The second kappa shape index (κ2) is 5.70. The fourth-order valence-electron chi connectivity index (χ4n) is 1.26. The normalized spacial score (nSPS) is 10.3. The molecule has 0 saturated carbocycles. The molecule has 2 N–H and O–H groups in total. The Morgan fingerprint density at radius 3 is 2.69 bits per heavy atom. The van der Waals surface area contributed by atoms with E-state index in [9.17, 15) is 9.59 Å². The molecular formula is C12H13NO3. The van der Waals surface area contributed by atoms with E-state index in [1.165, 1.54) is 13.2 Å². The van der Waals surface area contributed by atoms with Gasteiger partial charge in [-0.1, -0.05) is 24.3 Å². The highest BCUT2D eigenvalue weighted by molar-refractivity contribution is 5.90. The van der Waals surface area contributed by atoms with Crippen LogP contribution < -0.4 is 5.73 Å². The number of nitrogens with two attached hydrogens (primary N) is 1. The quantitative estimate of drug-likeness (QED) is 0.604. The van der Waals surface area contributed by atoms with Crippen LogP contribution in [-0.2, 0) is 20.7 Å². The number of carbonyl (C=O) groups excluding carboxylic acids is 2. The van der Waals surface area contributed by atoms with Gasteiger partial charge in [-0.3, -0.25) is 9.59 Å². The van der Waals surface area contributed by atoms with Crippen LogP contribution in [0.5, 0.6) is 0 Å². The highest BCUT2D eigenvalue weighted by atomic mass is 16.5. The van der Waals surface area contributed by atoms with Crippen LogP contribution in [0.3, 0.4) is 0 Å². The molecule has 1 aromatic carbocycles. The van der Waals surface area contributed by atoms with Crippen LogP contribution in [0.2, 0.25) is 0 Å². The minimum atomic E-state index is -0.520. The van der Waals surface area contributed by atoms with Gasteiger partial charge in [-0.25, -0.2) is 0 Å². The number of benzene rings is 1. The SMILES string of the molecule is COC(=O)Cc1ccccc1C=CC(N)=O. The number of hydrogen-bond donors (Lipinski definition) is 1. The summed E-state index contributed by atoms with van der Waals surface area (Å²) in [7, 11) is 1.34. The number of ether oxygens (including phenoxy) is 1. The van der Waals surface area contributed by atoms with Crippen LogP contribution in [-0.4, -0.2) is 19.0 Å². The maximum absolute atomic E-state index is 11.1. The molecule has 0 radical (unpaired) electrons. The molecule has 0 aliphatic rings. The summed E-state index contributed by atoms with van der Waals surface area (Å²) in [4.78, 5) is 21.7. The molecule has 0 unspecified atom stereocenters. The minimum Gasteiger partial charge on any atom is -0.469 e. The van der Waals surface area contributed by atoms with Crippen molar-refractivity contribution in [2.24, 2.45) is 5.73 Å². The predicted octanol–water partition coefficient (Wildman–Crippen LogP) is 0.901. The van der Waals surface area contributed by atoms with Crippen LogP contribution in [0.25, 0.3) is 6.08 Å². The lowest BCUT2D eigenvalue weighted by atomic mass is 10.0. The number of methoxy groups -OCH3 is 1. The average Bonchev–Trinajstić information content (AvgIpc) is 2.27. The van der Waals surface area contributed by atoms with Crippen molar-refractivity contribution in [3.8, 4) is 0 Å². The van der Waals surface area contributed by atoms with E-state index in [0.29, 0.717) is 0 Å². The Morgan fingerprint density at radius 1 is 1.38 bits per heavy atom. The molecule has 4 nitrogen and oxygen atoms in total. The van der Waals surface area contributed by atoms with E-state index in [1.54, 1.807) is 18.2 Å². The number of hydrogen-bond acceptors (Lipinski definition) is 3. The summed E-state index contributed by atoms with van der Waals surface area (Å²) < 4.78 is 4.58. The Hall–Kier alpha value is -2.10. The lowest BCUT2D eigenvalue weighted by Gasteiger charge is -2.04. The van der Waals surface area contributed by atoms with E-state index in [1.807, 2.05) is 12.1 Å². The maximum atomic E-state index is 11.1. The minimum absolute atomic E-state index is 0.176. The molecule has 1 amide bonds. The van der Waals surface area contributed by atoms with Gasteiger partial charge in [0.2, 0.25) is 5.91 Å². The van der Waals surface area contributed by atoms with Gasteiger partial charge in [0.25, 0.3) is 0 Å². The Balaban J connectivity index is 2.91. The summed E-state index contributed by atoms with van der Waals surface area (Å²) in [6.45, 7) is 0. The predicted molar refractivity (Wildman–Crippen MR) is 60.4 cm³/mol. The van der Waals surface area contributed by atoms with Gasteiger partial charge in [0, 0.05) is 6.08 Å². The van der Waals surface area contributed by atoms with Crippen molar-refractivity contribution in [1.29, 1.82) is 0 Å². The lowest BCUT2D eigenvalue weighted by Crippen LogP contribution is -2.07. The molecule has 1 aromatic rings. The summed E-state index contributed by atoms with van der Waals surface area (Å²) in [5.41, 5.74) is 6.58. The Bertz CT molecular complexity index is 424. The summed E-state index contributed by atoms with van der Waals surface area (Å²) in [5.74, 6) is -0.840. The van der Waals surface area contributed by atoms with Crippen LogP contribution in [0, 0.1) is 0 Å². The zero-order valence-corrected chi connectivity index (χ0v) is 8.97. The van der Waals surface area contributed by atoms with E-state index in [2.05, 4.69) is 4.74 Å². The number of rotatable bonds is 4. The standard InChI is InChI=1S/C12H13NO3/c1-16-12(15)8-10-5-3-2-4-9(10)6-7-11(13)14/h2-7H,8H2,1H3,(H2,13,14). The van der Waals surface area contributed by atoms with Crippen molar-refractivity contribution in [2.75, 3.05) is 7.11 Å². The van der Waals surface area contributed by atoms with Crippen LogP contribution in [0.4, 0.5) is 0 Å². The third-order valence-corrected chi connectivity index (χ3v) is 2.04. The molecule has 16 heavy (non-hydrogen) atoms. The van der Waals surface area contributed by atoms with Gasteiger partial charge >= 0.3 is 5.97 Å². The highest BCUT2D eigenvalue weighted by Gasteiger charge is 2.05. The van der Waals surface area contributed by atoms with Gasteiger partial charge in [-0.2, -0.15) is 0 Å². The van der Waals surface area contributed by atoms with E-state index < -0.39 is 5.91 Å². The zero-order valence-electron chi connectivity index (χ0n) is 8.97. The van der Waals surface area contributed by atoms with Crippen molar-refractivity contribution in [3.05, 3.63) is 41.5 Å². The second-order valence-electron chi connectivity index (χ2n) is 3.19. The van der Waals surface area contributed by atoms with E-state index in [0.717, 1.165) is 11.1 Å². The fraction of sp³-hybridized carbons (Fsp3) is 0.167. The molecule has 0 atom stereocenters. The molecule has 0 heterocycles. The van der Waals surface area contributed by atoms with Crippen LogP contribution in [0.1, 0.15) is 11.1 Å². The molecule has 1 rings (SSSR count). The van der Waals surface area contributed by atoms with Crippen molar-refractivity contribution in [2.45, 2.75) is 6.42 Å². The molecule has 0 aliphatic heterocycles. The summed E-state index contributed by atoms with van der Waals surface area (Å²) >= 11 is 0. The lowest BCUT2D eigenvalue weighted by molar-refractivity contribution is -0.139. The smallest absolute Gasteiger partial charge is 0.309 e. The fourth-order valence-corrected chi connectivity index (χ4v) is 1.26. The first-order valence-electron chi connectivity index (χ1n) is 4.75. The van der Waals surface area contributed by atoms with E-state index in [-0.39, 0.29) is 12.4 Å². The van der Waals surface area contributed by atoms with Gasteiger partial charge in [0.1, 0.15) is 0 Å². The van der Waals surface area contributed by atoms with Crippen molar-refractivity contribution in [3.63, 3.8) is 0 Å². The molecule has 0 aromatic heterocycles. The molecule has 84 valence electrons. The van der Waals surface area contributed by atoms with Gasteiger partial charge in [-0.05, 0) is 17.2 Å². The second-order valence-corrected chi connectivity index (χ2v) is 3.19. The summed E-state index contributed by atoms with van der Waals surface area (Å²) in [6.07, 6.45) is 3.02. The molecule has 4 heteroatoms. The Labute approximate surface area is 93.7 Å². The van der Waals surface area contributed by atoms with Gasteiger partial charge in [0.15, 0.2) is 0 Å². The van der Waals surface area contributed by atoms with Crippen molar-refractivity contribution < 1.29 is 14.3 Å². The molecule has 0 bridgehead atoms. The first kappa shape index (κ1) is 12.0. The monoisotopic (exact) mass is 219 g/mol. The van der Waals surface area contributed by atoms with Crippen molar-refractivity contribution >= 4 is 18.0 Å². The average molecular weight is 219 g/mol. The van der Waals surface area contributed by atoms with Crippen LogP contribution in [0.15, 0.2) is 30.3 Å². The third-order valence-electron chi connectivity index (χ3n) is 2.04. The van der Waals surface area contributed by atoms with Crippen molar-refractivity contribution in [1.82, 2.24) is 0 Å². The molecule has 0 fully saturated rings. The van der Waals surface area contributed by atoms with Crippen LogP contribution >= 0.6 is 0 Å². The molecular weight excluding hydrogens is 206 g/mol. The largest absolute Gasteiger partial charge is 0.469 e. The highest BCUT2D eigenvalue weighted by Crippen LogP contribution is 2.11. The summed E-state index contributed by atoms with van der Waals surface area (Å²) in [5, 5.41) is 0. The summed E-state index contributed by atoms with van der Waals surface area (Å²) in [6, 6.07) is 7.25. The first-order chi connectivity index (χ1) is 7.63. The number of primary amides is 1. The third kappa shape index (κ3) is 3.57.